The lowest BCUT2D eigenvalue weighted by Crippen LogP contribution is -2.57. The Kier molecular flexibility index (Phi) is 6.91. The van der Waals surface area contributed by atoms with Crippen LogP contribution in [0.15, 0.2) is 47.4 Å². The molecular formula is C23H27F3N2O2S. The maximum absolute atomic E-state index is 13.5. The number of alkyl halides is 3. The summed E-state index contributed by atoms with van der Waals surface area (Å²) in [6, 6.07) is 11.6. The minimum Gasteiger partial charge on any atom is -0.496 e. The number of likely N-dealkylation sites (tertiary alicyclic amines) is 1. The Hall–Kier alpha value is -2.19. The fraction of sp³-hybridized carbons (Fsp3) is 0.435. The van der Waals surface area contributed by atoms with Crippen LogP contribution in [0, 0.1) is 5.92 Å². The second-order valence-electron chi connectivity index (χ2n) is 8.16. The number of hydrogen-bond donors (Lipinski definition) is 1. The first kappa shape index (κ1) is 23.5. The summed E-state index contributed by atoms with van der Waals surface area (Å²) in [5.41, 5.74) is -0.403. The van der Waals surface area contributed by atoms with E-state index in [0.29, 0.717) is 12.5 Å². The molecule has 1 amide bonds. The standard InChI is InChI=1S/C23H27F3N2O2S/c1-15-12-22(14-28(2)13-15,16-8-6-5-7-9-16)27-21(29)20-18(30-3)10-17(23(24,25)26)11-19(20)31-4/h5-11,15H,12-14H2,1-4H3,(H,27,29)/t15-,22+/m1/s1. The van der Waals surface area contributed by atoms with Crippen molar-refractivity contribution in [2.45, 2.75) is 30.0 Å². The van der Waals surface area contributed by atoms with Gasteiger partial charge in [0.15, 0.2) is 0 Å². The number of rotatable bonds is 5. The average molecular weight is 453 g/mol. The van der Waals surface area contributed by atoms with E-state index in [1.807, 2.05) is 37.4 Å². The zero-order chi connectivity index (χ0) is 22.8. The minimum absolute atomic E-state index is 0.0860. The summed E-state index contributed by atoms with van der Waals surface area (Å²) in [6.45, 7) is 3.64. The first-order chi connectivity index (χ1) is 14.6. The second kappa shape index (κ2) is 9.12. The number of piperidine rings is 1. The number of likely N-dealkylation sites (N-methyl/N-ethyl adjacent to an activating group) is 1. The third kappa shape index (κ3) is 5.01. The number of nitrogens with one attached hydrogen (secondary N) is 1. The zero-order valence-corrected chi connectivity index (χ0v) is 18.9. The van der Waals surface area contributed by atoms with Crippen LogP contribution in [0.1, 0.15) is 34.8 Å². The molecule has 4 nitrogen and oxygen atoms in total. The quantitative estimate of drug-likeness (QED) is 0.646. The third-order valence-electron chi connectivity index (χ3n) is 5.60. The summed E-state index contributed by atoms with van der Waals surface area (Å²) in [6.07, 6.45) is -2.15. The molecule has 0 spiro atoms. The molecule has 31 heavy (non-hydrogen) atoms. The van der Waals surface area contributed by atoms with Crippen molar-refractivity contribution >= 4 is 17.7 Å². The van der Waals surface area contributed by atoms with Crippen molar-refractivity contribution in [2.75, 3.05) is 33.5 Å². The molecule has 0 bridgehead atoms. The fourth-order valence-corrected chi connectivity index (χ4v) is 5.13. The van der Waals surface area contributed by atoms with E-state index in [-0.39, 0.29) is 16.2 Å². The van der Waals surface area contributed by atoms with Crippen molar-refractivity contribution in [3.63, 3.8) is 0 Å². The molecule has 1 N–H and O–H groups in total. The zero-order valence-electron chi connectivity index (χ0n) is 18.0. The van der Waals surface area contributed by atoms with Gasteiger partial charge in [0, 0.05) is 18.0 Å². The van der Waals surface area contributed by atoms with E-state index in [4.69, 9.17) is 4.74 Å². The topological polar surface area (TPSA) is 41.6 Å². The highest BCUT2D eigenvalue weighted by atomic mass is 32.2. The maximum Gasteiger partial charge on any atom is 0.416 e. The summed E-state index contributed by atoms with van der Waals surface area (Å²) in [5, 5.41) is 3.18. The van der Waals surface area contributed by atoms with Crippen molar-refractivity contribution in [3.05, 3.63) is 59.2 Å². The first-order valence-corrected chi connectivity index (χ1v) is 11.2. The van der Waals surface area contributed by atoms with Gasteiger partial charge >= 0.3 is 6.18 Å². The number of hydrogen-bond acceptors (Lipinski definition) is 4. The van der Waals surface area contributed by atoms with Crippen LogP contribution in [0.4, 0.5) is 13.2 Å². The van der Waals surface area contributed by atoms with Crippen molar-refractivity contribution < 1.29 is 22.7 Å². The summed E-state index contributed by atoms with van der Waals surface area (Å²) >= 11 is 1.09. The van der Waals surface area contributed by atoms with Crippen LogP contribution in [0.2, 0.25) is 0 Å². The Balaban J connectivity index is 2.07. The van der Waals surface area contributed by atoms with Crippen molar-refractivity contribution in [3.8, 4) is 5.75 Å². The van der Waals surface area contributed by atoms with E-state index in [1.165, 1.54) is 7.11 Å². The van der Waals surface area contributed by atoms with Crippen LogP contribution in [0.3, 0.4) is 0 Å². The Bertz CT molecular complexity index is 899. The summed E-state index contributed by atoms with van der Waals surface area (Å²) in [4.78, 5) is 15.9. The van der Waals surface area contributed by atoms with E-state index < -0.39 is 23.2 Å². The number of thioether (sulfide) groups is 1. The second-order valence-corrected chi connectivity index (χ2v) is 9.01. The number of ether oxygens (including phenoxy) is 1. The predicted molar refractivity (Wildman–Crippen MR) is 117 cm³/mol. The van der Waals surface area contributed by atoms with Gasteiger partial charge in [-0.1, -0.05) is 37.3 Å². The van der Waals surface area contributed by atoms with Crippen LogP contribution < -0.4 is 10.1 Å². The SMILES string of the molecule is COc1cc(C(F)(F)F)cc(SC)c1C(=O)N[C@@]1(c2ccccc2)C[C@@H](C)CN(C)C1. The minimum atomic E-state index is -4.53. The van der Waals surface area contributed by atoms with E-state index in [1.54, 1.807) is 6.26 Å². The molecule has 2 atom stereocenters. The molecule has 8 heteroatoms. The van der Waals surface area contributed by atoms with Gasteiger partial charge in [0.1, 0.15) is 5.75 Å². The van der Waals surface area contributed by atoms with Crippen LogP contribution in [-0.2, 0) is 11.7 Å². The molecule has 0 aromatic heterocycles. The van der Waals surface area contributed by atoms with E-state index in [0.717, 1.165) is 42.4 Å². The van der Waals surface area contributed by atoms with Gasteiger partial charge in [-0.3, -0.25) is 4.79 Å². The lowest BCUT2D eigenvalue weighted by Gasteiger charge is -2.45. The molecule has 2 aromatic carbocycles. The van der Waals surface area contributed by atoms with E-state index in [2.05, 4.69) is 17.1 Å². The molecule has 168 valence electrons. The van der Waals surface area contributed by atoms with Gasteiger partial charge in [0.05, 0.1) is 23.8 Å². The maximum atomic E-state index is 13.5. The Labute approximate surface area is 185 Å². The molecule has 0 saturated carbocycles. The van der Waals surface area contributed by atoms with E-state index >= 15 is 0 Å². The van der Waals surface area contributed by atoms with Gasteiger partial charge in [0.25, 0.3) is 5.91 Å². The summed E-state index contributed by atoms with van der Waals surface area (Å²) < 4.78 is 45.2. The lowest BCUT2D eigenvalue weighted by atomic mass is 9.78. The Morgan fingerprint density at radius 3 is 2.48 bits per heavy atom. The van der Waals surface area contributed by atoms with Gasteiger partial charge < -0.3 is 15.0 Å². The fourth-order valence-electron chi connectivity index (χ4n) is 4.49. The highest BCUT2D eigenvalue weighted by Gasteiger charge is 2.41. The molecule has 1 heterocycles. The van der Waals surface area contributed by atoms with Crippen LogP contribution in [0.5, 0.6) is 5.75 Å². The molecule has 1 aliphatic rings. The molecule has 3 rings (SSSR count). The Morgan fingerprint density at radius 1 is 1.26 bits per heavy atom. The number of amides is 1. The van der Waals surface area contributed by atoms with Gasteiger partial charge in [-0.15, -0.1) is 11.8 Å². The number of methoxy groups -OCH3 is 1. The lowest BCUT2D eigenvalue weighted by molar-refractivity contribution is -0.137. The normalized spacial score (nSPS) is 22.2. The molecule has 0 radical (unpaired) electrons. The number of halogens is 3. The van der Waals surface area contributed by atoms with Gasteiger partial charge in [-0.05, 0) is 43.3 Å². The molecular weight excluding hydrogens is 425 g/mol. The monoisotopic (exact) mass is 452 g/mol. The first-order valence-electron chi connectivity index (χ1n) is 9.99. The number of carbonyl (C=O) groups is 1. The van der Waals surface area contributed by atoms with Gasteiger partial charge in [0.2, 0.25) is 0 Å². The average Bonchev–Trinajstić information content (AvgIpc) is 2.71. The number of carbonyl (C=O) groups excluding carboxylic acids is 1. The highest BCUT2D eigenvalue weighted by Crippen LogP contribution is 2.40. The Morgan fingerprint density at radius 2 is 1.94 bits per heavy atom. The van der Waals surface area contributed by atoms with Crippen LogP contribution >= 0.6 is 11.8 Å². The molecule has 2 aromatic rings. The molecule has 0 aliphatic carbocycles. The predicted octanol–water partition coefficient (Wildman–Crippen LogP) is 5.03. The van der Waals surface area contributed by atoms with Gasteiger partial charge in [-0.25, -0.2) is 0 Å². The van der Waals surface area contributed by atoms with Crippen molar-refractivity contribution in [1.29, 1.82) is 0 Å². The number of benzene rings is 2. The molecule has 1 fully saturated rings. The van der Waals surface area contributed by atoms with E-state index in [9.17, 15) is 18.0 Å². The largest absolute Gasteiger partial charge is 0.496 e. The smallest absolute Gasteiger partial charge is 0.416 e. The van der Waals surface area contributed by atoms with Gasteiger partial charge in [-0.2, -0.15) is 13.2 Å². The molecule has 1 saturated heterocycles. The van der Waals surface area contributed by atoms with Crippen LogP contribution in [0.25, 0.3) is 0 Å². The van der Waals surface area contributed by atoms with Crippen molar-refractivity contribution in [1.82, 2.24) is 10.2 Å². The van der Waals surface area contributed by atoms with Crippen molar-refractivity contribution in [2.24, 2.45) is 5.92 Å². The summed E-state index contributed by atoms with van der Waals surface area (Å²) in [5.74, 6) is -0.202. The molecule has 0 unspecified atom stereocenters. The van der Waals surface area contributed by atoms with Crippen LogP contribution in [-0.4, -0.2) is 44.3 Å². The molecule has 1 aliphatic heterocycles. The third-order valence-corrected chi connectivity index (χ3v) is 6.36. The number of nitrogens with zero attached hydrogens (tertiary/aromatic N) is 1. The summed E-state index contributed by atoms with van der Waals surface area (Å²) in [7, 11) is 3.28. The highest BCUT2D eigenvalue weighted by molar-refractivity contribution is 7.98.